The summed E-state index contributed by atoms with van der Waals surface area (Å²) in [6.07, 6.45) is 1.05. The lowest BCUT2D eigenvalue weighted by Gasteiger charge is -2.26. The van der Waals surface area contributed by atoms with Gasteiger partial charge in [0.05, 0.1) is 6.04 Å². The number of carbonyl (C=O) groups excluding carboxylic acids is 1. The summed E-state index contributed by atoms with van der Waals surface area (Å²) in [5, 5.41) is 0. The topological polar surface area (TPSA) is 23.6 Å². The molecule has 0 N–H and O–H groups in total. The standard InChI is InChI=1S/C15H21FN2O/c1-11-5-6-12(16)9-13(11)15(19)14-10-17(2)7-4-8-18(14)3/h5-6,9,14H,4,7-8,10H2,1-3H3. The molecule has 1 unspecified atom stereocenters. The Hall–Kier alpha value is -1.26. The third-order valence-electron chi connectivity index (χ3n) is 3.84. The van der Waals surface area contributed by atoms with Gasteiger partial charge in [-0.3, -0.25) is 9.69 Å². The first-order valence-corrected chi connectivity index (χ1v) is 6.68. The predicted molar refractivity (Wildman–Crippen MR) is 74.0 cm³/mol. The molecule has 104 valence electrons. The summed E-state index contributed by atoms with van der Waals surface area (Å²) >= 11 is 0. The van der Waals surface area contributed by atoms with E-state index in [9.17, 15) is 9.18 Å². The van der Waals surface area contributed by atoms with Crippen molar-refractivity contribution in [3.63, 3.8) is 0 Å². The zero-order chi connectivity index (χ0) is 14.0. The number of Topliss-reactive ketones (excluding diaryl/α,β-unsaturated/α-hetero) is 1. The fourth-order valence-electron chi connectivity index (χ4n) is 2.59. The van der Waals surface area contributed by atoms with Crippen molar-refractivity contribution in [2.75, 3.05) is 33.7 Å². The van der Waals surface area contributed by atoms with Crippen LogP contribution in [0.25, 0.3) is 0 Å². The Morgan fingerprint density at radius 2 is 2.05 bits per heavy atom. The maximum absolute atomic E-state index is 13.4. The molecule has 1 heterocycles. The lowest BCUT2D eigenvalue weighted by molar-refractivity contribution is 0.0838. The number of hydrogen-bond acceptors (Lipinski definition) is 3. The molecule has 0 saturated carbocycles. The van der Waals surface area contributed by atoms with E-state index in [0.29, 0.717) is 12.1 Å². The van der Waals surface area contributed by atoms with Crippen molar-refractivity contribution >= 4 is 5.78 Å². The Balaban J connectivity index is 2.28. The fraction of sp³-hybridized carbons (Fsp3) is 0.533. The summed E-state index contributed by atoms with van der Waals surface area (Å²) in [7, 11) is 3.99. The third-order valence-corrected chi connectivity index (χ3v) is 3.84. The highest BCUT2D eigenvalue weighted by Crippen LogP contribution is 2.17. The molecule has 1 aliphatic rings. The van der Waals surface area contributed by atoms with Crippen LogP contribution in [-0.4, -0.2) is 55.4 Å². The number of benzene rings is 1. The summed E-state index contributed by atoms with van der Waals surface area (Å²) in [4.78, 5) is 16.9. The largest absolute Gasteiger partial charge is 0.304 e. The molecule has 1 fully saturated rings. The predicted octanol–water partition coefficient (Wildman–Crippen LogP) is 1.95. The van der Waals surface area contributed by atoms with Gasteiger partial charge in [-0.05, 0) is 58.2 Å². The fourth-order valence-corrected chi connectivity index (χ4v) is 2.59. The zero-order valence-electron chi connectivity index (χ0n) is 11.8. The van der Waals surface area contributed by atoms with Gasteiger partial charge in [0.25, 0.3) is 0 Å². The normalized spacial score (nSPS) is 22.2. The molecule has 0 radical (unpaired) electrons. The second kappa shape index (κ2) is 5.80. The minimum Gasteiger partial charge on any atom is -0.304 e. The summed E-state index contributed by atoms with van der Waals surface area (Å²) < 4.78 is 13.4. The van der Waals surface area contributed by atoms with Gasteiger partial charge in [-0.2, -0.15) is 0 Å². The zero-order valence-corrected chi connectivity index (χ0v) is 11.8. The van der Waals surface area contributed by atoms with Crippen LogP contribution >= 0.6 is 0 Å². The number of rotatable bonds is 2. The van der Waals surface area contributed by atoms with Crippen molar-refractivity contribution in [1.29, 1.82) is 0 Å². The Bertz CT molecular complexity index is 475. The van der Waals surface area contributed by atoms with Crippen molar-refractivity contribution in [3.8, 4) is 0 Å². The summed E-state index contributed by atoms with van der Waals surface area (Å²) in [6, 6.07) is 4.24. The summed E-state index contributed by atoms with van der Waals surface area (Å²) in [5.74, 6) is -0.327. The maximum atomic E-state index is 13.4. The third kappa shape index (κ3) is 3.19. The van der Waals surface area contributed by atoms with Crippen LogP contribution in [0.3, 0.4) is 0 Å². The van der Waals surface area contributed by atoms with E-state index in [2.05, 4.69) is 9.80 Å². The second-order valence-corrected chi connectivity index (χ2v) is 5.44. The van der Waals surface area contributed by atoms with Crippen LogP contribution in [0, 0.1) is 12.7 Å². The first-order valence-electron chi connectivity index (χ1n) is 6.68. The van der Waals surface area contributed by atoms with E-state index in [0.717, 1.165) is 25.1 Å². The molecular weight excluding hydrogens is 243 g/mol. The second-order valence-electron chi connectivity index (χ2n) is 5.44. The van der Waals surface area contributed by atoms with Crippen molar-refractivity contribution in [2.45, 2.75) is 19.4 Å². The lowest BCUT2D eigenvalue weighted by Crippen LogP contribution is -2.43. The maximum Gasteiger partial charge on any atom is 0.181 e. The van der Waals surface area contributed by atoms with Gasteiger partial charge in [0.2, 0.25) is 0 Å². The van der Waals surface area contributed by atoms with Gasteiger partial charge >= 0.3 is 0 Å². The molecule has 19 heavy (non-hydrogen) atoms. The molecule has 0 amide bonds. The van der Waals surface area contributed by atoms with Gasteiger partial charge in [0.15, 0.2) is 5.78 Å². The van der Waals surface area contributed by atoms with Crippen LogP contribution in [0.4, 0.5) is 4.39 Å². The van der Waals surface area contributed by atoms with E-state index < -0.39 is 0 Å². The van der Waals surface area contributed by atoms with Crippen LogP contribution in [-0.2, 0) is 0 Å². The molecule has 3 nitrogen and oxygen atoms in total. The summed E-state index contributed by atoms with van der Waals surface area (Å²) in [6.45, 7) is 4.45. The Labute approximate surface area is 114 Å². The monoisotopic (exact) mass is 264 g/mol. The highest BCUT2D eigenvalue weighted by Gasteiger charge is 2.28. The molecular formula is C15H21FN2O. The number of nitrogens with zero attached hydrogens (tertiary/aromatic N) is 2. The number of carbonyl (C=O) groups is 1. The van der Waals surface area contributed by atoms with Crippen LogP contribution in [0.1, 0.15) is 22.3 Å². The number of aryl methyl sites for hydroxylation is 1. The van der Waals surface area contributed by atoms with Crippen molar-refractivity contribution < 1.29 is 9.18 Å². The highest BCUT2D eigenvalue weighted by molar-refractivity contribution is 6.01. The molecule has 1 aliphatic heterocycles. The minimum atomic E-state index is -0.349. The Kier molecular flexibility index (Phi) is 4.32. The molecule has 0 spiro atoms. The van der Waals surface area contributed by atoms with Gasteiger partial charge < -0.3 is 4.90 Å². The number of ketones is 1. The molecule has 1 saturated heterocycles. The molecule has 2 rings (SSSR count). The molecule has 0 aromatic heterocycles. The smallest absolute Gasteiger partial charge is 0.181 e. The van der Waals surface area contributed by atoms with Crippen LogP contribution in [0.5, 0.6) is 0 Å². The van der Waals surface area contributed by atoms with Crippen molar-refractivity contribution in [2.24, 2.45) is 0 Å². The van der Waals surface area contributed by atoms with Crippen molar-refractivity contribution in [1.82, 2.24) is 9.80 Å². The molecule has 0 bridgehead atoms. The average Bonchev–Trinajstić information content (AvgIpc) is 2.53. The van der Waals surface area contributed by atoms with Crippen molar-refractivity contribution in [3.05, 3.63) is 35.1 Å². The first-order chi connectivity index (χ1) is 8.99. The lowest BCUT2D eigenvalue weighted by atomic mass is 9.98. The van der Waals surface area contributed by atoms with Gasteiger partial charge in [-0.15, -0.1) is 0 Å². The molecule has 4 heteroatoms. The minimum absolute atomic E-state index is 0.0215. The van der Waals surface area contributed by atoms with E-state index in [1.165, 1.54) is 12.1 Å². The van der Waals surface area contributed by atoms with Crippen LogP contribution < -0.4 is 0 Å². The number of hydrogen-bond donors (Lipinski definition) is 0. The number of likely N-dealkylation sites (N-methyl/N-ethyl adjacent to an activating group) is 2. The molecule has 1 aromatic rings. The Morgan fingerprint density at radius 1 is 1.32 bits per heavy atom. The van der Waals surface area contributed by atoms with Gasteiger partial charge in [-0.25, -0.2) is 4.39 Å². The van der Waals surface area contributed by atoms with E-state index in [-0.39, 0.29) is 17.6 Å². The van der Waals surface area contributed by atoms with E-state index in [1.54, 1.807) is 6.07 Å². The van der Waals surface area contributed by atoms with Crippen LogP contribution in [0.15, 0.2) is 18.2 Å². The Morgan fingerprint density at radius 3 is 2.79 bits per heavy atom. The molecule has 0 aliphatic carbocycles. The number of halogens is 1. The average molecular weight is 264 g/mol. The van der Waals surface area contributed by atoms with Gasteiger partial charge in [0.1, 0.15) is 5.82 Å². The quantitative estimate of drug-likeness (QED) is 0.763. The van der Waals surface area contributed by atoms with E-state index in [4.69, 9.17) is 0 Å². The highest BCUT2D eigenvalue weighted by atomic mass is 19.1. The SMILES string of the molecule is Cc1ccc(F)cc1C(=O)C1CN(C)CCCN1C. The van der Waals surface area contributed by atoms with Gasteiger partial charge in [-0.1, -0.05) is 6.07 Å². The summed E-state index contributed by atoms with van der Waals surface area (Å²) in [5.41, 5.74) is 1.35. The van der Waals surface area contributed by atoms with Gasteiger partial charge in [0, 0.05) is 12.1 Å². The van der Waals surface area contributed by atoms with E-state index in [1.807, 2.05) is 21.0 Å². The molecule has 1 atom stereocenters. The van der Waals surface area contributed by atoms with E-state index >= 15 is 0 Å². The first kappa shape index (κ1) is 14.2. The molecule has 1 aromatic carbocycles. The van der Waals surface area contributed by atoms with Crippen LogP contribution in [0.2, 0.25) is 0 Å².